The third-order valence-corrected chi connectivity index (χ3v) is 2.71. The first-order valence-corrected chi connectivity index (χ1v) is 5.44. The van der Waals surface area contributed by atoms with Crippen LogP contribution in [0.5, 0.6) is 0 Å². The molecule has 0 aromatic heterocycles. The summed E-state index contributed by atoms with van der Waals surface area (Å²) in [5.41, 5.74) is 0.949. The number of carbonyl (C=O) groups excluding carboxylic acids is 2. The van der Waals surface area contributed by atoms with Crippen LogP contribution in [0.2, 0.25) is 0 Å². The fraction of sp³-hybridized carbons (Fsp3) is 0.333. The Morgan fingerprint density at radius 1 is 1.24 bits per heavy atom. The predicted octanol–water partition coefficient (Wildman–Crippen LogP) is 0.327. The van der Waals surface area contributed by atoms with Crippen molar-refractivity contribution in [3.8, 4) is 0 Å². The number of hydrogen-bond acceptors (Lipinski definition) is 2. The highest BCUT2D eigenvalue weighted by Gasteiger charge is 2.22. The Labute approximate surface area is 98.4 Å². The van der Waals surface area contributed by atoms with Crippen LogP contribution in [0.1, 0.15) is 5.56 Å². The number of hydrogen-bond donors (Lipinski definition) is 1. The Hall–Kier alpha value is -1.91. The molecule has 1 N–H and O–H groups in total. The Kier molecular flexibility index (Phi) is 3.37. The van der Waals surface area contributed by atoms with Gasteiger partial charge >= 0.3 is 0 Å². The van der Waals surface area contributed by atoms with Crippen LogP contribution < -0.4 is 5.32 Å². The van der Waals surface area contributed by atoms with Gasteiger partial charge < -0.3 is 10.2 Å². The second-order valence-electron chi connectivity index (χ2n) is 3.97. The highest BCUT2D eigenvalue weighted by molar-refractivity contribution is 5.92. The van der Waals surface area contributed by atoms with Crippen molar-refractivity contribution in [2.24, 2.45) is 0 Å². The first-order valence-electron chi connectivity index (χ1n) is 5.44. The van der Waals surface area contributed by atoms with E-state index in [-0.39, 0.29) is 30.7 Å². The van der Waals surface area contributed by atoms with Gasteiger partial charge in [0.05, 0.1) is 13.1 Å². The molecule has 0 bridgehead atoms. The van der Waals surface area contributed by atoms with E-state index in [0.29, 0.717) is 13.0 Å². The van der Waals surface area contributed by atoms with E-state index in [1.54, 1.807) is 12.1 Å². The monoisotopic (exact) mass is 236 g/mol. The van der Waals surface area contributed by atoms with Crippen molar-refractivity contribution in [3.63, 3.8) is 0 Å². The van der Waals surface area contributed by atoms with Gasteiger partial charge in [0.25, 0.3) is 0 Å². The number of carbonyl (C=O) groups is 2. The minimum atomic E-state index is -0.276. The lowest BCUT2D eigenvalue weighted by molar-refractivity contribution is -0.140. The van der Waals surface area contributed by atoms with Crippen molar-refractivity contribution < 1.29 is 14.0 Å². The van der Waals surface area contributed by atoms with Gasteiger partial charge in [-0.25, -0.2) is 4.39 Å². The molecule has 1 fully saturated rings. The molecule has 17 heavy (non-hydrogen) atoms. The van der Waals surface area contributed by atoms with Gasteiger partial charge in [0, 0.05) is 6.54 Å². The van der Waals surface area contributed by atoms with Crippen LogP contribution in [0.4, 0.5) is 4.39 Å². The molecule has 1 aliphatic heterocycles. The van der Waals surface area contributed by atoms with E-state index in [9.17, 15) is 14.0 Å². The zero-order valence-corrected chi connectivity index (χ0v) is 9.28. The van der Waals surface area contributed by atoms with Crippen LogP contribution in [-0.4, -0.2) is 36.3 Å². The number of benzene rings is 1. The third-order valence-electron chi connectivity index (χ3n) is 2.71. The summed E-state index contributed by atoms with van der Waals surface area (Å²) in [6.45, 7) is 0.667. The largest absolute Gasteiger partial charge is 0.345 e. The van der Waals surface area contributed by atoms with Crippen LogP contribution in [-0.2, 0) is 16.0 Å². The summed E-state index contributed by atoms with van der Waals surface area (Å²) < 4.78 is 12.7. The highest BCUT2D eigenvalue weighted by atomic mass is 19.1. The highest BCUT2D eigenvalue weighted by Crippen LogP contribution is 2.05. The molecule has 2 rings (SSSR count). The first kappa shape index (κ1) is 11.6. The van der Waals surface area contributed by atoms with Gasteiger partial charge in [0.1, 0.15) is 5.82 Å². The minimum absolute atomic E-state index is 0.0717. The molecule has 0 atom stereocenters. The number of nitrogens with one attached hydrogen (secondary N) is 1. The van der Waals surface area contributed by atoms with Crippen molar-refractivity contribution in [1.82, 2.24) is 10.2 Å². The molecule has 0 aliphatic carbocycles. The topological polar surface area (TPSA) is 49.4 Å². The lowest BCUT2D eigenvalue weighted by atomic mass is 10.1. The standard InChI is InChI=1S/C12H13FN2O2/c13-10-3-1-9(2-4-10)5-6-15-8-11(16)14-7-12(15)17/h1-4H,5-8H2,(H,14,16). The van der Waals surface area contributed by atoms with Gasteiger partial charge in [-0.2, -0.15) is 0 Å². The molecule has 4 nitrogen and oxygen atoms in total. The Morgan fingerprint density at radius 3 is 2.65 bits per heavy atom. The van der Waals surface area contributed by atoms with Crippen LogP contribution in [0, 0.1) is 5.82 Å². The average molecular weight is 236 g/mol. The maximum Gasteiger partial charge on any atom is 0.242 e. The number of amides is 2. The molecule has 0 saturated carbocycles. The molecule has 0 unspecified atom stereocenters. The summed E-state index contributed by atoms with van der Waals surface area (Å²) in [5, 5.41) is 2.49. The quantitative estimate of drug-likeness (QED) is 0.822. The first-order chi connectivity index (χ1) is 8.15. The van der Waals surface area contributed by atoms with E-state index in [4.69, 9.17) is 0 Å². The van der Waals surface area contributed by atoms with Crippen molar-refractivity contribution in [1.29, 1.82) is 0 Å². The molecule has 5 heteroatoms. The fourth-order valence-electron chi connectivity index (χ4n) is 1.72. The van der Waals surface area contributed by atoms with Crippen molar-refractivity contribution >= 4 is 11.8 Å². The molecular formula is C12H13FN2O2. The Morgan fingerprint density at radius 2 is 1.94 bits per heavy atom. The molecule has 1 heterocycles. The van der Waals surface area contributed by atoms with E-state index >= 15 is 0 Å². The van der Waals surface area contributed by atoms with E-state index in [0.717, 1.165) is 5.56 Å². The summed E-state index contributed by atoms with van der Waals surface area (Å²) in [6.07, 6.45) is 0.624. The molecule has 1 aromatic carbocycles. The normalized spacial score (nSPS) is 15.9. The smallest absolute Gasteiger partial charge is 0.242 e. The van der Waals surface area contributed by atoms with Crippen LogP contribution in [0.15, 0.2) is 24.3 Å². The molecule has 2 amide bonds. The Bertz CT molecular complexity index is 431. The summed E-state index contributed by atoms with van der Waals surface area (Å²) in [7, 11) is 0. The number of nitrogens with zero attached hydrogens (tertiary/aromatic N) is 1. The predicted molar refractivity (Wildman–Crippen MR) is 59.7 cm³/mol. The summed E-state index contributed by atoms with van der Waals surface area (Å²) in [5.74, 6) is -0.488. The van der Waals surface area contributed by atoms with Gasteiger partial charge in [-0.05, 0) is 24.1 Å². The lowest BCUT2D eigenvalue weighted by Crippen LogP contribution is -2.51. The second-order valence-corrected chi connectivity index (χ2v) is 3.97. The third kappa shape index (κ3) is 3.03. The Balaban J connectivity index is 1.90. The number of piperazine rings is 1. The second kappa shape index (κ2) is 4.95. The molecule has 1 saturated heterocycles. The molecule has 0 spiro atoms. The van der Waals surface area contributed by atoms with Gasteiger partial charge in [0.2, 0.25) is 11.8 Å². The maximum absolute atomic E-state index is 12.7. The van der Waals surface area contributed by atoms with Gasteiger partial charge in [-0.1, -0.05) is 12.1 Å². The van der Waals surface area contributed by atoms with Gasteiger partial charge in [0.15, 0.2) is 0 Å². The van der Waals surface area contributed by atoms with Crippen LogP contribution in [0.25, 0.3) is 0 Å². The SMILES string of the molecule is O=C1CN(CCc2ccc(F)cc2)C(=O)CN1. The van der Waals surface area contributed by atoms with Crippen molar-refractivity contribution in [2.75, 3.05) is 19.6 Å². The molecular weight excluding hydrogens is 223 g/mol. The lowest BCUT2D eigenvalue weighted by Gasteiger charge is -2.26. The van der Waals surface area contributed by atoms with E-state index in [1.165, 1.54) is 17.0 Å². The van der Waals surface area contributed by atoms with E-state index in [2.05, 4.69) is 5.32 Å². The van der Waals surface area contributed by atoms with E-state index in [1.807, 2.05) is 0 Å². The fourth-order valence-corrected chi connectivity index (χ4v) is 1.72. The summed E-state index contributed by atoms with van der Waals surface area (Å²) in [4.78, 5) is 24.1. The maximum atomic E-state index is 12.7. The van der Waals surface area contributed by atoms with Crippen LogP contribution in [0.3, 0.4) is 0 Å². The number of rotatable bonds is 3. The zero-order valence-electron chi connectivity index (χ0n) is 9.28. The molecule has 1 aliphatic rings. The van der Waals surface area contributed by atoms with E-state index < -0.39 is 0 Å². The van der Waals surface area contributed by atoms with Crippen molar-refractivity contribution in [3.05, 3.63) is 35.6 Å². The van der Waals surface area contributed by atoms with Gasteiger partial charge in [-0.3, -0.25) is 9.59 Å². The van der Waals surface area contributed by atoms with Crippen molar-refractivity contribution in [2.45, 2.75) is 6.42 Å². The summed E-state index contributed by atoms with van der Waals surface area (Å²) >= 11 is 0. The average Bonchev–Trinajstić information content (AvgIpc) is 2.32. The van der Waals surface area contributed by atoms with Gasteiger partial charge in [-0.15, -0.1) is 0 Å². The minimum Gasteiger partial charge on any atom is -0.345 e. The molecule has 90 valence electrons. The molecule has 0 radical (unpaired) electrons. The van der Waals surface area contributed by atoms with Crippen LogP contribution >= 0.6 is 0 Å². The zero-order chi connectivity index (χ0) is 12.3. The summed E-state index contributed by atoms with van der Waals surface area (Å²) in [6, 6.07) is 6.15. The molecule has 1 aromatic rings. The number of halogens is 1.